The van der Waals surface area contributed by atoms with E-state index in [1.165, 1.54) is 6.92 Å². The summed E-state index contributed by atoms with van der Waals surface area (Å²) in [5.41, 5.74) is 0.647. The van der Waals surface area contributed by atoms with Gasteiger partial charge in [-0.15, -0.1) is 0 Å². The minimum atomic E-state index is -0.191. The molecule has 1 aliphatic heterocycles. The summed E-state index contributed by atoms with van der Waals surface area (Å²) in [7, 11) is 0. The zero-order valence-electron chi connectivity index (χ0n) is 13.3. The maximum absolute atomic E-state index is 12.3. The second-order valence-electron chi connectivity index (χ2n) is 5.99. The molecule has 0 aromatic heterocycles. The van der Waals surface area contributed by atoms with Gasteiger partial charge in [0.15, 0.2) is 11.5 Å². The van der Waals surface area contributed by atoms with E-state index in [2.05, 4.69) is 5.32 Å². The molecule has 124 valence electrons. The SMILES string of the molecule is CC(=O)N(CC(=O)Nc1ccc2c(c1)OCCO2)C1CCCC1. The molecule has 0 unspecified atom stereocenters. The molecule has 6 heteroatoms. The van der Waals surface area contributed by atoms with Crippen LogP contribution in [0.2, 0.25) is 0 Å². The van der Waals surface area contributed by atoms with Crippen LogP contribution < -0.4 is 14.8 Å². The summed E-state index contributed by atoms with van der Waals surface area (Å²) >= 11 is 0. The predicted molar refractivity (Wildman–Crippen MR) is 85.7 cm³/mol. The first-order chi connectivity index (χ1) is 11.1. The number of hydrogen-bond donors (Lipinski definition) is 1. The Morgan fingerprint density at radius 2 is 1.87 bits per heavy atom. The van der Waals surface area contributed by atoms with E-state index in [1.54, 1.807) is 23.1 Å². The average molecular weight is 318 g/mol. The van der Waals surface area contributed by atoms with Crippen LogP contribution in [0, 0.1) is 0 Å². The first-order valence-corrected chi connectivity index (χ1v) is 8.10. The molecule has 3 rings (SSSR count). The lowest BCUT2D eigenvalue weighted by Crippen LogP contribution is -2.42. The molecule has 1 N–H and O–H groups in total. The van der Waals surface area contributed by atoms with Crippen LogP contribution in [-0.4, -0.2) is 42.5 Å². The van der Waals surface area contributed by atoms with Gasteiger partial charge in [-0.3, -0.25) is 9.59 Å². The molecule has 2 aliphatic rings. The summed E-state index contributed by atoms with van der Waals surface area (Å²) in [5, 5.41) is 2.83. The number of ether oxygens (including phenoxy) is 2. The van der Waals surface area contributed by atoms with Gasteiger partial charge in [0.05, 0.1) is 0 Å². The van der Waals surface area contributed by atoms with Gasteiger partial charge in [-0.2, -0.15) is 0 Å². The van der Waals surface area contributed by atoms with Gasteiger partial charge < -0.3 is 19.7 Å². The zero-order chi connectivity index (χ0) is 16.2. The Morgan fingerprint density at radius 3 is 2.57 bits per heavy atom. The molecule has 23 heavy (non-hydrogen) atoms. The maximum Gasteiger partial charge on any atom is 0.244 e. The van der Waals surface area contributed by atoms with Crippen molar-refractivity contribution in [1.29, 1.82) is 0 Å². The summed E-state index contributed by atoms with van der Waals surface area (Å²) < 4.78 is 11.0. The third-order valence-electron chi connectivity index (χ3n) is 4.31. The van der Waals surface area contributed by atoms with Crippen molar-refractivity contribution < 1.29 is 19.1 Å². The van der Waals surface area contributed by atoms with Crippen LogP contribution >= 0.6 is 0 Å². The van der Waals surface area contributed by atoms with Crippen molar-refractivity contribution in [3.63, 3.8) is 0 Å². The van der Waals surface area contributed by atoms with Gasteiger partial charge in [-0.25, -0.2) is 0 Å². The van der Waals surface area contributed by atoms with E-state index in [4.69, 9.17) is 9.47 Å². The topological polar surface area (TPSA) is 67.9 Å². The quantitative estimate of drug-likeness (QED) is 0.924. The van der Waals surface area contributed by atoms with Crippen LogP contribution in [0.3, 0.4) is 0 Å². The molecular weight excluding hydrogens is 296 g/mol. The van der Waals surface area contributed by atoms with E-state index in [-0.39, 0.29) is 24.4 Å². The molecule has 0 saturated heterocycles. The fraction of sp³-hybridized carbons (Fsp3) is 0.529. The zero-order valence-corrected chi connectivity index (χ0v) is 13.3. The number of amides is 2. The summed E-state index contributed by atoms with van der Waals surface area (Å²) in [6.07, 6.45) is 4.21. The van der Waals surface area contributed by atoms with E-state index in [0.717, 1.165) is 25.7 Å². The molecule has 1 saturated carbocycles. The Bertz CT molecular complexity index is 596. The Hall–Kier alpha value is -2.24. The minimum Gasteiger partial charge on any atom is -0.486 e. The van der Waals surface area contributed by atoms with Gasteiger partial charge in [0.1, 0.15) is 19.8 Å². The lowest BCUT2D eigenvalue weighted by atomic mass is 10.2. The molecule has 1 aromatic rings. The Balaban J connectivity index is 1.62. The van der Waals surface area contributed by atoms with Crippen LogP contribution in [0.4, 0.5) is 5.69 Å². The number of carbonyl (C=O) groups excluding carboxylic acids is 2. The highest BCUT2D eigenvalue weighted by atomic mass is 16.6. The Kier molecular flexibility index (Phi) is 4.69. The monoisotopic (exact) mass is 318 g/mol. The number of fused-ring (bicyclic) bond motifs is 1. The van der Waals surface area contributed by atoms with Crippen molar-refractivity contribution in [3.05, 3.63) is 18.2 Å². The fourth-order valence-electron chi connectivity index (χ4n) is 3.19. The Morgan fingerprint density at radius 1 is 1.17 bits per heavy atom. The molecule has 0 atom stereocenters. The lowest BCUT2D eigenvalue weighted by molar-refractivity contribution is -0.135. The number of carbonyl (C=O) groups is 2. The van der Waals surface area contributed by atoms with Crippen molar-refractivity contribution >= 4 is 17.5 Å². The second kappa shape index (κ2) is 6.89. The molecular formula is C17H22N2O4. The van der Waals surface area contributed by atoms with E-state index in [1.807, 2.05) is 0 Å². The van der Waals surface area contributed by atoms with Gasteiger partial charge in [-0.05, 0) is 25.0 Å². The van der Waals surface area contributed by atoms with Crippen LogP contribution in [-0.2, 0) is 9.59 Å². The van der Waals surface area contributed by atoms with Crippen LogP contribution in [0.1, 0.15) is 32.6 Å². The number of anilines is 1. The van der Waals surface area contributed by atoms with Crippen molar-refractivity contribution in [2.24, 2.45) is 0 Å². The van der Waals surface area contributed by atoms with Gasteiger partial charge in [0.2, 0.25) is 11.8 Å². The molecule has 1 aromatic carbocycles. The van der Waals surface area contributed by atoms with E-state index in [0.29, 0.717) is 30.4 Å². The molecule has 1 heterocycles. The van der Waals surface area contributed by atoms with Crippen molar-refractivity contribution in [2.75, 3.05) is 25.1 Å². The molecule has 2 amide bonds. The van der Waals surface area contributed by atoms with Crippen molar-refractivity contribution in [3.8, 4) is 11.5 Å². The molecule has 0 radical (unpaired) electrons. The number of benzene rings is 1. The standard InChI is InChI=1S/C17H22N2O4/c1-12(20)19(14-4-2-3-5-14)11-17(21)18-13-6-7-15-16(10-13)23-9-8-22-15/h6-7,10,14H,2-5,8-9,11H2,1H3,(H,18,21). The van der Waals surface area contributed by atoms with Gasteiger partial charge in [-0.1, -0.05) is 12.8 Å². The number of rotatable bonds is 4. The predicted octanol–water partition coefficient (Wildman–Crippen LogP) is 2.19. The first kappa shape index (κ1) is 15.6. The summed E-state index contributed by atoms with van der Waals surface area (Å²) in [6, 6.07) is 5.50. The summed E-state index contributed by atoms with van der Waals surface area (Å²) in [6.45, 7) is 2.65. The molecule has 0 bridgehead atoms. The van der Waals surface area contributed by atoms with Crippen LogP contribution in [0.25, 0.3) is 0 Å². The Labute approximate surface area is 135 Å². The molecule has 1 fully saturated rings. The molecule has 0 spiro atoms. The van der Waals surface area contributed by atoms with Crippen molar-refractivity contribution in [1.82, 2.24) is 4.90 Å². The van der Waals surface area contributed by atoms with Crippen LogP contribution in [0.15, 0.2) is 18.2 Å². The average Bonchev–Trinajstić information content (AvgIpc) is 3.06. The second-order valence-corrected chi connectivity index (χ2v) is 5.99. The third kappa shape index (κ3) is 3.75. The number of nitrogens with zero attached hydrogens (tertiary/aromatic N) is 1. The summed E-state index contributed by atoms with van der Waals surface area (Å²) in [5.74, 6) is 1.08. The van der Waals surface area contributed by atoms with E-state index < -0.39 is 0 Å². The van der Waals surface area contributed by atoms with E-state index in [9.17, 15) is 9.59 Å². The number of nitrogens with one attached hydrogen (secondary N) is 1. The highest BCUT2D eigenvalue weighted by Gasteiger charge is 2.26. The highest BCUT2D eigenvalue weighted by molar-refractivity contribution is 5.94. The summed E-state index contributed by atoms with van der Waals surface area (Å²) in [4.78, 5) is 25.8. The van der Waals surface area contributed by atoms with Crippen molar-refractivity contribution in [2.45, 2.75) is 38.6 Å². The largest absolute Gasteiger partial charge is 0.486 e. The van der Waals surface area contributed by atoms with Gasteiger partial charge >= 0.3 is 0 Å². The lowest BCUT2D eigenvalue weighted by Gasteiger charge is -2.27. The normalized spacial score (nSPS) is 16.9. The highest BCUT2D eigenvalue weighted by Crippen LogP contribution is 2.32. The fourth-order valence-corrected chi connectivity index (χ4v) is 3.19. The number of hydrogen-bond acceptors (Lipinski definition) is 4. The maximum atomic E-state index is 12.3. The molecule has 6 nitrogen and oxygen atoms in total. The smallest absolute Gasteiger partial charge is 0.244 e. The van der Waals surface area contributed by atoms with Crippen LogP contribution in [0.5, 0.6) is 11.5 Å². The first-order valence-electron chi connectivity index (χ1n) is 8.10. The third-order valence-corrected chi connectivity index (χ3v) is 4.31. The minimum absolute atomic E-state index is 0.0470. The van der Waals surface area contributed by atoms with E-state index >= 15 is 0 Å². The van der Waals surface area contributed by atoms with Gasteiger partial charge in [0.25, 0.3) is 0 Å². The van der Waals surface area contributed by atoms with Gasteiger partial charge in [0, 0.05) is 24.7 Å². The molecule has 1 aliphatic carbocycles.